The van der Waals surface area contributed by atoms with Crippen LogP contribution in [0.5, 0.6) is 0 Å². The average Bonchev–Trinajstić information content (AvgIpc) is 2.60. The fourth-order valence-corrected chi connectivity index (χ4v) is 3.49. The number of unbranched alkanes of at least 4 members (excludes halogenated alkanes) is 3. The molecule has 2 N–H and O–H groups in total. The van der Waals surface area contributed by atoms with Crippen molar-refractivity contribution in [3.05, 3.63) is 11.1 Å². The zero-order valence-electron chi connectivity index (χ0n) is 16.3. The third kappa shape index (κ3) is 8.81. The minimum absolute atomic E-state index is 0.0896. The van der Waals surface area contributed by atoms with Crippen LogP contribution in [-0.2, 0) is 14.3 Å². The lowest BCUT2D eigenvalue weighted by molar-refractivity contribution is -0.136. The Hall–Kier alpha value is -1.40. The number of morpholine rings is 1. The van der Waals surface area contributed by atoms with Crippen molar-refractivity contribution in [3.8, 4) is 0 Å². The Bertz CT molecular complexity index is 469. The van der Waals surface area contributed by atoms with Gasteiger partial charge in [0.1, 0.15) is 0 Å². The Kier molecular flexibility index (Phi) is 11.2. The summed E-state index contributed by atoms with van der Waals surface area (Å²) in [5.74, 6) is -1.98. The summed E-state index contributed by atoms with van der Waals surface area (Å²) in [6.07, 6.45) is 6.34. The van der Waals surface area contributed by atoms with E-state index in [1.54, 1.807) is 0 Å². The second kappa shape index (κ2) is 12.9. The van der Waals surface area contributed by atoms with Crippen molar-refractivity contribution >= 4 is 11.9 Å². The zero-order valence-corrected chi connectivity index (χ0v) is 16.3. The largest absolute Gasteiger partial charge is 0.478 e. The molecule has 150 valence electrons. The van der Waals surface area contributed by atoms with Crippen molar-refractivity contribution in [1.29, 1.82) is 0 Å². The Balaban J connectivity index is 2.43. The van der Waals surface area contributed by atoms with E-state index >= 15 is 0 Å². The second-order valence-electron chi connectivity index (χ2n) is 7.28. The minimum atomic E-state index is -1.09. The predicted molar refractivity (Wildman–Crippen MR) is 101 cm³/mol. The first-order valence-corrected chi connectivity index (χ1v) is 9.94. The molecule has 1 saturated heterocycles. The Morgan fingerprint density at radius 3 is 2.19 bits per heavy atom. The summed E-state index contributed by atoms with van der Waals surface area (Å²) in [5, 5.41) is 18.9. The number of carboxylic acid groups (broad SMARTS) is 2. The number of aliphatic carboxylic acids is 2. The van der Waals surface area contributed by atoms with Crippen LogP contribution in [0.25, 0.3) is 0 Å². The molecule has 0 aromatic rings. The van der Waals surface area contributed by atoms with E-state index in [9.17, 15) is 19.8 Å². The standard InChI is InChI=1S/C20H35NO5/c1-3-8-16(2)15-18(20(24)25)17(19(22)23)9-6-4-5-7-10-21-11-13-26-14-12-21/h16H,3-15H2,1-2H3,(H,22,23)(H,24,25)/b18-17+. The minimum Gasteiger partial charge on any atom is -0.478 e. The molecule has 0 saturated carbocycles. The van der Waals surface area contributed by atoms with Gasteiger partial charge in [-0.05, 0) is 38.1 Å². The van der Waals surface area contributed by atoms with Gasteiger partial charge < -0.3 is 14.9 Å². The molecular weight excluding hydrogens is 334 g/mol. The van der Waals surface area contributed by atoms with Crippen LogP contribution in [0.2, 0.25) is 0 Å². The molecule has 0 spiro atoms. The summed E-state index contributed by atoms with van der Waals surface area (Å²) >= 11 is 0. The van der Waals surface area contributed by atoms with Crippen molar-refractivity contribution in [2.75, 3.05) is 32.8 Å². The molecule has 1 aliphatic rings. The molecule has 1 atom stereocenters. The monoisotopic (exact) mass is 369 g/mol. The van der Waals surface area contributed by atoms with E-state index in [-0.39, 0.29) is 17.1 Å². The molecule has 6 nitrogen and oxygen atoms in total. The molecule has 0 bridgehead atoms. The number of carbonyl (C=O) groups is 2. The van der Waals surface area contributed by atoms with E-state index in [4.69, 9.17) is 4.74 Å². The van der Waals surface area contributed by atoms with Crippen LogP contribution in [0.4, 0.5) is 0 Å². The highest BCUT2D eigenvalue weighted by atomic mass is 16.5. The van der Waals surface area contributed by atoms with Gasteiger partial charge in [-0.25, -0.2) is 9.59 Å². The second-order valence-corrected chi connectivity index (χ2v) is 7.28. The molecule has 0 aromatic heterocycles. The Labute approximate surface area is 157 Å². The number of rotatable bonds is 13. The van der Waals surface area contributed by atoms with Gasteiger partial charge >= 0.3 is 11.9 Å². The van der Waals surface area contributed by atoms with Gasteiger partial charge in [-0.3, -0.25) is 4.90 Å². The lowest BCUT2D eigenvalue weighted by atomic mass is 9.91. The van der Waals surface area contributed by atoms with Crippen LogP contribution in [0, 0.1) is 5.92 Å². The number of hydrogen-bond donors (Lipinski definition) is 2. The quantitative estimate of drug-likeness (QED) is 0.381. The Morgan fingerprint density at radius 2 is 1.62 bits per heavy atom. The van der Waals surface area contributed by atoms with E-state index in [1.165, 1.54) is 0 Å². The van der Waals surface area contributed by atoms with Crippen LogP contribution in [-0.4, -0.2) is 59.9 Å². The maximum atomic E-state index is 11.6. The highest BCUT2D eigenvalue weighted by molar-refractivity contribution is 5.98. The van der Waals surface area contributed by atoms with E-state index in [2.05, 4.69) is 11.8 Å². The van der Waals surface area contributed by atoms with Gasteiger partial charge in [-0.2, -0.15) is 0 Å². The molecule has 0 radical (unpaired) electrons. The molecule has 1 rings (SSSR count). The van der Waals surface area contributed by atoms with Gasteiger partial charge in [0.25, 0.3) is 0 Å². The molecule has 0 amide bonds. The summed E-state index contributed by atoms with van der Waals surface area (Å²) in [7, 11) is 0. The van der Waals surface area contributed by atoms with Gasteiger partial charge in [0.2, 0.25) is 0 Å². The maximum absolute atomic E-state index is 11.6. The highest BCUT2D eigenvalue weighted by Crippen LogP contribution is 2.23. The predicted octanol–water partition coefficient (Wildman–Crippen LogP) is 3.56. The zero-order chi connectivity index (χ0) is 19.4. The molecule has 6 heteroatoms. The van der Waals surface area contributed by atoms with Crippen LogP contribution in [0.3, 0.4) is 0 Å². The van der Waals surface area contributed by atoms with Crippen molar-refractivity contribution in [2.24, 2.45) is 5.92 Å². The van der Waals surface area contributed by atoms with Gasteiger partial charge in [-0.1, -0.05) is 39.5 Å². The molecule has 0 aromatic carbocycles. The summed E-state index contributed by atoms with van der Waals surface area (Å²) in [6, 6.07) is 0. The van der Waals surface area contributed by atoms with Gasteiger partial charge in [0, 0.05) is 24.2 Å². The van der Waals surface area contributed by atoms with Gasteiger partial charge in [0.05, 0.1) is 13.2 Å². The first kappa shape index (κ1) is 22.6. The van der Waals surface area contributed by atoms with Crippen molar-refractivity contribution in [1.82, 2.24) is 4.90 Å². The fraction of sp³-hybridized carbons (Fsp3) is 0.800. The van der Waals surface area contributed by atoms with Crippen LogP contribution < -0.4 is 0 Å². The summed E-state index contributed by atoms with van der Waals surface area (Å²) in [6.45, 7) is 8.68. The van der Waals surface area contributed by atoms with E-state index in [1.807, 2.05) is 6.92 Å². The van der Waals surface area contributed by atoms with E-state index < -0.39 is 11.9 Å². The van der Waals surface area contributed by atoms with Crippen LogP contribution >= 0.6 is 0 Å². The van der Waals surface area contributed by atoms with Crippen molar-refractivity contribution in [2.45, 2.75) is 65.2 Å². The van der Waals surface area contributed by atoms with E-state index in [0.29, 0.717) is 12.8 Å². The van der Waals surface area contributed by atoms with Crippen molar-refractivity contribution in [3.63, 3.8) is 0 Å². The third-order valence-electron chi connectivity index (χ3n) is 4.97. The lowest BCUT2D eigenvalue weighted by Crippen LogP contribution is -2.36. The van der Waals surface area contributed by atoms with Gasteiger partial charge in [-0.15, -0.1) is 0 Å². The van der Waals surface area contributed by atoms with Crippen LogP contribution in [0.15, 0.2) is 11.1 Å². The molecule has 26 heavy (non-hydrogen) atoms. The SMILES string of the molecule is CCCC(C)C/C(C(=O)O)=C(/CCCCCCN1CCOCC1)C(=O)O. The number of carboxylic acids is 2. The summed E-state index contributed by atoms with van der Waals surface area (Å²) < 4.78 is 5.33. The molecular formula is C20H35NO5. The summed E-state index contributed by atoms with van der Waals surface area (Å²) in [4.78, 5) is 25.5. The fourth-order valence-electron chi connectivity index (χ4n) is 3.49. The number of ether oxygens (including phenoxy) is 1. The first-order chi connectivity index (χ1) is 12.5. The first-order valence-electron chi connectivity index (χ1n) is 9.94. The molecule has 1 fully saturated rings. The highest BCUT2D eigenvalue weighted by Gasteiger charge is 2.21. The molecule has 0 aliphatic carbocycles. The van der Waals surface area contributed by atoms with Crippen LogP contribution in [0.1, 0.15) is 65.2 Å². The smallest absolute Gasteiger partial charge is 0.332 e. The third-order valence-corrected chi connectivity index (χ3v) is 4.97. The number of hydrogen-bond acceptors (Lipinski definition) is 4. The average molecular weight is 370 g/mol. The molecule has 1 aliphatic heterocycles. The maximum Gasteiger partial charge on any atom is 0.332 e. The molecule has 1 heterocycles. The lowest BCUT2D eigenvalue weighted by Gasteiger charge is -2.26. The Morgan fingerprint density at radius 1 is 1.00 bits per heavy atom. The van der Waals surface area contributed by atoms with E-state index in [0.717, 1.165) is 71.4 Å². The number of nitrogens with zero attached hydrogens (tertiary/aromatic N) is 1. The summed E-state index contributed by atoms with van der Waals surface area (Å²) in [5.41, 5.74) is 0.181. The topological polar surface area (TPSA) is 87.1 Å². The van der Waals surface area contributed by atoms with Gasteiger partial charge in [0.15, 0.2) is 0 Å². The normalized spacial score (nSPS) is 17.6. The molecule has 1 unspecified atom stereocenters. The van der Waals surface area contributed by atoms with Crippen molar-refractivity contribution < 1.29 is 24.5 Å².